The second-order valence-corrected chi connectivity index (χ2v) is 7.04. The summed E-state index contributed by atoms with van der Waals surface area (Å²) in [6.07, 6.45) is -0.278. The lowest BCUT2D eigenvalue weighted by Crippen LogP contribution is -2.25. The number of ether oxygens (including phenoxy) is 1. The first-order chi connectivity index (χ1) is 10.5. The summed E-state index contributed by atoms with van der Waals surface area (Å²) in [5.41, 5.74) is 1.79. The van der Waals surface area contributed by atoms with E-state index in [0.29, 0.717) is 9.92 Å². The average Bonchev–Trinajstić information content (AvgIpc) is 2.94. The fourth-order valence-electron chi connectivity index (χ4n) is 1.70. The highest BCUT2D eigenvalue weighted by molar-refractivity contribution is 8.27. The van der Waals surface area contributed by atoms with Gasteiger partial charge in [-0.1, -0.05) is 41.2 Å². The van der Waals surface area contributed by atoms with Gasteiger partial charge in [0.1, 0.15) is 5.57 Å². The summed E-state index contributed by atoms with van der Waals surface area (Å²) in [5.74, 6) is -1.05. The molecular weight excluding hydrogens is 318 g/mol. The zero-order chi connectivity index (χ0) is 16.1. The number of hydrogen-bond donors (Lipinski definition) is 1. The molecule has 0 unspecified atom stereocenters. The summed E-state index contributed by atoms with van der Waals surface area (Å²) in [6.45, 7) is 5.48. The van der Waals surface area contributed by atoms with Crippen molar-refractivity contribution in [3.8, 4) is 0 Å². The molecule has 4 nitrogen and oxygen atoms in total. The van der Waals surface area contributed by atoms with Gasteiger partial charge in [-0.05, 0) is 43.7 Å². The maximum atomic E-state index is 12.5. The molecule has 0 fully saturated rings. The van der Waals surface area contributed by atoms with Gasteiger partial charge in [-0.15, -0.1) is 0 Å². The Balaban J connectivity index is 2.21. The second-order valence-electron chi connectivity index (χ2n) is 4.94. The van der Waals surface area contributed by atoms with Crippen LogP contribution in [-0.4, -0.2) is 18.0 Å². The van der Waals surface area contributed by atoms with Gasteiger partial charge < -0.3 is 10.1 Å². The molecule has 1 aromatic rings. The Labute approximate surface area is 138 Å². The molecule has 1 aromatic carbocycles. The van der Waals surface area contributed by atoms with E-state index in [1.165, 1.54) is 23.5 Å². The van der Waals surface area contributed by atoms with Crippen LogP contribution in [0.1, 0.15) is 19.4 Å². The molecular formula is C16H17NO3S2. The maximum absolute atomic E-state index is 12.5. The number of thioether (sulfide) groups is 2. The summed E-state index contributed by atoms with van der Waals surface area (Å²) in [4.78, 5) is 24.7. The van der Waals surface area contributed by atoms with E-state index in [1.54, 1.807) is 26.0 Å². The first-order valence-electron chi connectivity index (χ1n) is 6.79. The van der Waals surface area contributed by atoms with E-state index in [9.17, 15) is 9.59 Å². The Kier molecular flexibility index (Phi) is 5.74. The number of carbonyl (C=O) groups is 2. The minimum Gasteiger partial charge on any atom is -0.459 e. The van der Waals surface area contributed by atoms with Gasteiger partial charge in [0.05, 0.1) is 10.3 Å². The van der Waals surface area contributed by atoms with E-state index in [2.05, 4.69) is 5.32 Å². The molecule has 116 valence electrons. The predicted octanol–water partition coefficient (Wildman–Crippen LogP) is 4.05. The summed E-state index contributed by atoms with van der Waals surface area (Å²) in [5, 5.41) is 6.42. The molecule has 0 radical (unpaired) electrons. The van der Waals surface area contributed by atoms with Crippen LogP contribution < -0.4 is 5.32 Å². The van der Waals surface area contributed by atoms with Crippen molar-refractivity contribution in [1.82, 2.24) is 0 Å². The third kappa shape index (κ3) is 4.42. The van der Waals surface area contributed by atoms with Crippen molar-refractivity contribution >= 4 is 41.1 Å². The van der Waals surface area contributed by atoms with Crippen molar-refractivity contribution in [2.24, 2.45) is 0 Å². The molecule has 0 spiro atoms. The number of aryl methyl sites for hydroxylation is 1. The Morgan fingerprint density at radius 3 is 2.23 bits per heavy atom. The fraction of sp³-hybridized carbons (Fsp3) is 0.250. The third-order valence-corrected chi connectivity index (χ3v) is 4.82. The zero-order valence-corrected chi connectivity index (χ0v) is 14.2. The average molecular weight is 335 g/mol. The molecule has 0 saturated heterocycles. The van der Waals surface area contributed by atoms with Crippen molar-refractivity contribution < 1.29 is 14.3 Å². The van der Waals surface area contributed by atoms with Crippen LogP contribution in [0, 0.1) is 6.92 Å². The normalized spacial score (nSPS) is 13.4. The number of benzene rings is 1. The molecule has 1 aliphatic rings. The molecule has 6 heteroatoms. The van der Waals surface area contributed by atoms with Crippen LogP contribution >= 0.6 is 23.5 Å². The van der Waals surface area contributed by atoms with Gasteiger partial charge in [-0.3, -0.25) is 4.79 Å². The molecule has 1 heterocycles. The van der Waals surface area contributed by atoms with E-state index < -0.39 is 11.9 Å². The first kappa shape index (κ1) is 16.7. The molecule has 0 aliphatic carbocycles. The lowest BCUT2D eigenvalue weighted by molar-refractivity contribution is -0.143. The van der Waals surface area contributed by atoms with Gasteiger partial charge in [0.15, 0.2) is 0 Å². The van der Waals surface area contributed by atoms with E-state index in [4.69, 9.17) is 4.74 Å². The smallest absolute Gasteiger partial charge is 0.345 e. The van der Waals surface area contributed by atoms with Crippen LogP contribution in [0.15, 0.2) is 44.9 Å². The second kappa shape index (κ2) is 7.56. The summed E-state index contributed by atoms with van der Waals surface area (Å²) < 4.78 is 5.83. The molecule has 0 atom stereocenters. The van der Waals surface area contributed by atoms with Gasteiger partial charge >= 0.3 is 5.97 Å². The monoisotopic (exact) mass is 335 g/mol. The van der Waals surface area contributed by atoms with Crippen LogP contribution in [-0.2, 0) is 14.3 Å². The minimum absolute atomic E-state index is 0.0503. The van der Waals surface area contributed by atoms with Crippen molar-refractivity contribution in [3.63, 3.8) is 0 Å². The number of carbonyl (C=O) groups excluding carboxylic acids is 2. The van der Waals surface area contributed by atoms with Gasteiger partial charge in [0, 0.05) is 5.69 Å². The van der Waals surface area contributed by atoms with E-state index >= 15 is 0 Å². The molecule has 0 saturated carbocycles. The van der Waals surface area contributed by atoms with Crippen LogP contribution in [0.4, 0.5) is 5.69 Å². The Morgan fingerprint density at radius 2 is 1.68 bits per heavy atom. The number of rotatable bonds is 4. The van der Waals surface area contributed by atoms with Crippen LogP contribution in [0.2, 0.25) is 0 Å². The van der Waals surface area contributed by atoms with Crippen LogP contribution in [0.25, 0.3) is 0 Å². The highest BCUT2D eigenvalue weighted by atomic mass is 32.2. The van der Waals surface area contributed by atoms with Crippen molar-refractivity contribution in [1.29, 1.82) is 0 Å². The predicted molar refractivity (Wildman–Crippen MR) is 92.4 cm³/mol. The number of esters is 1. The Bertz CT molecular complexity index is 623. The molecule has 1 amide bonds. The standard InChI is InChI=1S/C16H17NO3S2/c1-10(2)20-15(19)13(16-21-8-9-22-16)14(18)17-12-6-4-11(3)5-7-12/h4-10H,1-3H3,(H,17,18). The van der Waals surface area contributed by atoms with E-state index in [0.717, 1.165) is 5.56 Å². The molecule has 22 heavy (non-hydrogen) atoms. The third-order valence-electron chi connectivity index (χ3n) is 2.69. The molecule has 0 bridgehead atoms. The number of amides is 1. The number of nitrogens with one attached hydrogen (secondary N) is 1. The van der Waals surface area contributed by atoms with E-state index in [-0.39, 0.29) is 11.7 Å². The van der Waals surface area contributed by atoms with Crippen molar-refractivity contribution in [2.75, 3.05) is 5.32 Å². The van der Waals surface area contributed by atoms with Gasteiger partial charge in [0.2, 0.25) is 0 Å². The highest BCUT2D eigenvalue weighted by Crippen LogP contribution is 2.40. The van der Waals surface area contributed by atoms with Gasteiger partial charge in [-0.25, -0.2) is 4.79 Å². The topological polar surface area (TPSA) is 55.4 Å². The zero-order valence-electron chi connectivity index (χ0n) is 12.6. The minimum atomic E-state index is -0.599. The summed E-state index contributed by atoms with van der Waals surface area (Å²) in [7, 11) is 0. The highest BCUT2D eigenvalue weighted by Gasteiger charge is 2.27. The first-order valence-corrected chi connectivity index (χ1v) is 8.55. The molecule has 0 aromatic heterocycles. The number of anilines is 1. The molecule has 1 aliphatic heterocycles. The van der Waals surface area contributed by atoms with Crippen molar-refractivity contribution in [2.45, 2.75) is 26.9 Å². The van der Waals surface area contributed by atoms with Gasteiger partial charge in [0.25, 0.3) is 5.91 Å². The van der Waals surface area contributed by atoms with E-state index in [1.807, 2.05) is 29.9 Å². The Hall–Kier alpha value is -1.66. The lowest BCUT2D eigenvalue weighted by atomic mass is 10.2. The SMILES string of the molecule is Cc1ccc(NC(=O)C(C(=O)OC(C)C)=C2SC=CS2)cc1. The lowest BCUT2D eigenvalue weighted by Gasteiger charge is -2.13. The van der Waals surface area contributed by atoms with Crippen LogP contribution in [0.3, 0.4) is 0 Å². The fourth-order valence-corrected chi connectivity index (χ4v) is 3.53. The van der Waals surface area contributed by atoms with Gasteiger partial charge in [-0.2, -0.15) is 0 Å². The summed E-state index contributed by atoms with van der Waals surface area (Å²) in [6, 6.07) is 7.40. The maximum Gasteiger partial charge on any atom is 0.345 e. The number of hydrogen-bond acceptors (Lipinski definition) is 5. The Morgan fingerprint density at radius 1 is 1.09 bits per heavy atom. The van der Waals surface area contributed by atoms with Crippen molar-refractivity contribution in [3.05, 3.63) is 50.5 Å². The quantitative estimate of drug-likeness (QED) is 0.389. The largest absolute Gasteiger partial charge is 0.459 e. The molecule has 1 N–H and O–H groups in total. The molecule has 2 rings (SSSR count). The summed E-state index contributed by atoms with van der Waals surface area (Å²) >= 11 is 2.70. The van der Waals surface area contributed by atoms with Crippen LogP contribution in [0.5, 0.6) is 0 Å².